The number of nitrogens with zero attached hydrogens (tertiary/aromatic N) is 1. The van der Waals surface area contributed by atoms with Crippen molar-refractivity contribution in [1.82, 2.24) is 4.90 Å². The van der Waals surface area contributed by atoms with Crippen LogP contribution in [0.25, 0.3) is 0 Å². The van der Waals surface area contributed by atoms with Crippen LogP contribution >= 0.6 is 15.9 Å². The monoisotopic (exact) mass is 407 g/mol. The van der Waals surface area contributed by atoms with Crippen LogP contribution in [-0.4, -0.2) is 29.7 Å². The molecule has 1 aliphatic heterocycles. The summed E-state index contributed by atoms with van der Waals surface area (Å²) in [6.07, 6.45) is -3.50. The molecule has 2 rings (SSSR count). The van der Waals surface area contributed by atoms with Crippen LogP contribution in [0.15, 0.2) is 22.7 Å². The van der Waals surface area contributed by atoms with Gasteiger partial charge in [-0.25, -0.2) is 4.79 Å². The Bertz CT molecular complexity index is 603. The summed E-state index contributed by atoms with van der Waals surface area (Å²) in [4.78, 5) is 13.7. The van der Waals surface area contributed by atoms with E-state index in [9.17, 15) is 18.0 Å². The smallest absolute Gasteiger partial charge is 0.416 e. The number of rotatable bonds is 1. The number of hydrogen-bond donors (Lipinski definition) is 0. The van der Waals surface area contributed by atoms with Crippen LogP contribution in [0.4, 0.5) is 18.0 Å². The molecule has 0 radical (unpaired) electrons. The fourth-order valence-corrected chi connectivity index (χ4v) is 3.24. The van der Waals surface area contributed by atoms with E-state index in [1.54, 1.807) is 31.7 Å². The summed E-state index contributed by atoms with van der Waals surface area (Å²) in [7, 11) is 0. The number of piperidine rings is 1. The van der Waals surface area contributed by atoms with Crippen LogP contribution in [0.1, 0.15) is 50.7 Å². The van der Waals surface area contributed by atoms with Crippen LogP contribution in [0, 0.1) is 0 Å². The summed E-state index contributed by atoms with van der Waals surface area (Å²) in [5.41, 5.74) is -0.554. The minimum atomic E-state index is -4.37. The highest BCUT2D eigenvalue weighted by Gasteiger charge is 2.33. The third-order valence-corrected chi connectivity index (χ3v) is 4.32. The van der Waals surface area contributed by atoms with E-state index in [2.05, 4.69) is 15.9 Å². The van der Waals surface area contributed by atoms with Crippen LogP contribution < -0.4 is 0 Å². The number of hydrogen-bond acceptors (Lipinski definition) is 2. The number of alkyl halides is 3. The second-order valence-electron chi connectivity index (χ2n) is 7.01. The van der Waals surface area contributed by atoms with Crippen LogP contribution in [0.5, 0.6) is 0 Å². The first kappa shape index (κ1) is 19.1. The lowest BCUT2D eigenvalue weighted by Gasteiger charge is -2.33. The van der Waals surface area contributed by atoms with Gasteiger partial charge < -0.3 is 9.64 Å². The summed E-state index contributed by atoms with van der Waals surface area (Å²) < 4.78 is 44.6. The molecular formula is C17H21BrF3NO2. The summed E-state index contributed by atoms with van der Waals surface area (Å²) in [6, 6.07) is 4.01. The van der Waals surface area contributed by atoms with E-state index in [1.165, 1.54) is 6.07 Å². The van der Waals surface area contributed by atoms with Crippen molar-refractivity contribution in [3.05, 3.63) is 33.8 Å². The van der Waals surface area contributed by atoms with Crippen molar-refractivity contribution in [3.8, 4) is 0 Å². The number of ether oxygens (including phenoxy) is 1. The Morgan fingerprint density at radius 3 is 2.25 bits per heavy atom. The summed E-state index contributed by atoms with van der Waals surface area (Å²) in [5.74, 6) is 0.00212. The van der Waals surface area contributed by atoms with Gasteiger partial charge in [0.05, 0.1) is 5.56 Å². The molecule has 0 saturated carbocycles. The van der Waals surface area contributed by atoms with Gasteiger partial charge in [-0.3, -0.25) is 0 Å². The summed E-state index contributed by atoms with van der Waals surface area (Å²) in [5, 5.41) is 0. The Morgan fingerprint density at radius 2 is 1.75 bits per heavy atom. The fourth-order valence-electron chi connectivity index (χ4n) is 2.73. The first-order chi connectivity index (χ1) is 11.0. The van der Waals surface area contributed by atoms with E-state index in [-0.39, 0.29) is 12.0 Å². The van der Waals surface area contributed by atoms with Crippen molar-refractivity contribution in [2.45, 2.75) is 51.3 Å². The molecule has 3 nitrogen and oxygen atoms in total. The molecule has 0 atom stereocenters. The molecule has 1 fully saturated rings. The third kappa shape index (κ3) is 5.13. The summed E-state index contributed by atoms with van der Waals surface area (Å²) >= 11 is 3.16. The van der Waals surface area contributed by atoms with Gasteiger partial charge in [0.1, 0.15) is 5.60 Å². The average molecular weight is 408 g/mol. The molecular weight excluding hydrogens is 387 g/mol. The molecule has 24 heavy (non-hydrogen) atoms. The lowest BCUT2D eigenvalue weighted by atomic mass is 9.88. The molecule has 0 spiro atoms. The molecule has 0 N–H and O–H groups in total. The maximum Gasteiger partial charge on any atom is 0.416 e. The zero-order valence-electron chi connectivity index (χ0n) is 13.9. The molecule has 1 saturated heterocycles. The predicted octanol–water partition coefficient (Wildman–Crippen LogP) is 5.58. The van der Waals surface area contributed by atoms with E-state index >= 15 is 0 Å². The largest absolute Gasteiger partial charge is 0.444 e. The van der Waals surface area contributed by atoms with Gasteiger partial charge in [0.15, 0.2) is 0 Å². The molecule has 1 amide bonds. The number of halogens is 4. The Labute approximate surface area is 148 Å². The van der Waals surface area contributed by atoms with Crippen LogP contribution in [-0.2, 0) is 10.9 Å². The third-order valence-electron chi connectivity index (χ3n) is 3.87. The molecule has 7 heteroatoms. The average Bonchev–Trinajstić information content (AvgIpc) is 2.44. The minimum absolute atomic E-state index is 0.00212. The number of likely N-dealkylation sites (tertiary alicyclic amines) is 1. The molecule has 0 unspecified atom stereocenters. The van der Waals surface area contributed by atoms with E-state index in [0.29, 0.717) is 36.0 Å². The van der Waals surface area contributed by atoms with Gasteiger partial charge in [0, 0.05) is 17.6 Å². The lowest BCUT2D eigenvalue weighted by Crippen LogP contribution is -2.41. The standard InChI is InChI=1S/C17H21BrF3NO2/c1-16(2,3)24-15(23)22-6-4-11(5-7-22)12-8-13(17(19,20)21)10-14(18)9-12/h8-11H,4-7H2,1-3H3. The van der Waals surface area contributed by atoms with Gasteiger partial charge in [-0.05, 0) is 63.3 Å². The van der Waals surface area contributed by atoms with E-state index in [0.717, 1.165) is 6.07 Å². The zero-order chi connectivity index (χ0) is 18.1. The SMILES string of the molecule is CC(C)(C)OC(=O)N1CCC(c2cc(Br)cc(C(F)(F)F)c2)CC1. The summed E-state index contributed by atoms with van der Waals surface area (Å²) in [6.45, 7) is 6.37. The van der Waals surface area contributed by atoms with E-state index < -0.39 is 17.3 Å². The minimum Gasteiger partial charge on any atom is -0.444 e. The Morgan fingerprint density at radius 1 is 1.17 bits per heavy atom. The zero-order valence-corrected chi connectivity index (χ0v) is 15.5. The Kier molecular flexibility index (Phi) is 5.52. The van der Waals surface area contributed by atoms with Crippen molar-refractivity contribution < 1.29 is 22.7 Å². The number of benzene rings is 1. The second kappa shape index (κ2) is 6.94. The Balaban J connectivity index is 2.05. The van der Waals surface area contributed by atoms with Gasteiger partial charge in [-0.2, -0.15) is 13.2 Å². The second-order valence-corrected chi connectivity index (χ2v) is 7.93. The molecule has 134 valence electrons. The van der Waals surface area contributed by atoms with E-state index in [4.69, 9.17) is 4.74 Å². The number of carbonyl (C=O) groups excluding carboxylic acids is 1. The maximum atomic E-state index is 13.0. The van der Waals surface area contributed by atoms with Crippen LogP contribution in [0.3, 0.4) is 0 Å². The van der Waals surface area contributed by atoms with E-state index in [1.807, 2.05) is 0 Å². The molecule has 0 bridgehead atoms. The van der Waals surface area contributed by atoms with Gasteiger partial charge in [0.25, 0.3) is 0 Å². The maximum absolute atomic E-state index is 13.0. The molecule has 1 aliphatic rings. The molecule has 1 aromatic carbocycles. The Hall–Kier alpha value is -1.24. The predicted molar refractivity (Wildman–Crippen MR) is 88.9 cm³/mol. The van der Waals surface area contributed by atoms with Crippen molar-refractivity contribution >= 4 is 22.0 Å². The normalized spacial score (nSPS) is 17.0. The quantitative estimate of drug-likeness (QED) is 0.607. The van der Waals surface area contributed by atoms with Crippen molar-refractivity contribution in [2.24, 2.45) is 0 Å². The first-order valence-corrected chi connectivity index (χ1v) is 8.60. The molecule has 1 heterocycles. The van der Waals surface area contributed by atoms with Gasteiger partial charge in [0.2, 0.25) is 0 Å². The van der Waals surface area contributed by atoms with Gasteiger partial charge in [-0.15, -0.1) is 0 Å². The number of carbonyl (C=O) groups is 1. The van der Waals surface area contributed by atoms with Crippen molar-refractivity contribution in [1.29, 1.82) is 0 Å². The van der Waals surface area contributed by atoms with Crippen LogP contribution in [0.2, 0.25) is 0 Å². The molecule has 1 aromatic rings. The topological polar surface area (TPSA) is 29.5 Å². The first-order valence-electron chi connectivity index (χ1n) is 7.81. The number of amides is 1. The highest BCUT2D eigenvalue weighted by Crippen LogP contribution is 2.36. The lowest BCUT2D eigenvalue weighted by molar-refractivity contribution is -0.137. The van der Waals surface area contributed by atoms with Gasteiger partial charge >= 0.3 is 12.3 Å². The fraction of sp³-hybridized carbons (Fsp3) is 0.588. The molecule has 0 aromatic heterocycles. The molecule has 0 aliphatic carbocycles. The van der Waals surface area contributed by atoms with Crippen molar-refractivity contribution in [2.75, 3.05) is 13.1 Å². The van der Waals surface area contributed by atoms with Gasteiger partial charge in [-0.1, -0.05) is 15.9 Å². The highest BCUT2D eigenvalue weighted by molar-refractivity contribution is 9.10. The highest BCUT2D eigenvalue weighted by atomic mass is 79.9. The van der Waals surface area contributed by atoms with Crippen molar-refractivity contribution in [3.63, 3.8) is 0 Å².